The van der Waals surface area contributed by atoms with Crippen molar-refractivity contribution in [1.29, 1.82) is 0 Å². The molecule has 2 aromatic rings. The van der Waals surface area contributed by atoms with Gasteiger partial charge in [-0.1, -0.05) is 36.8 Å². The van der Waals surface area contributed by atoms with Gasteiger partial charge in [-0.05, 0) is 32.3 Å². The molecule has 0 saturated carbocycles. The van der Waals surface area contributed by atoms with Crippen LogP contribution in [0.2, 0.25) is 0 Å². The lowest BCUT2D eigenvalue weighted by Crippen LogP contribution is -2.11. The van der Waals surface area contributed by atoms with Crippen molar-refractivity contribution in [2.75, 3.05) is 23.7 Å². The summed E-state index contributed by atoms with van der Waals surface area (Å²) >= 11 is 0. The lowest BCUT2D eigenvalue weighted by Gasteiger charge is -2.11. The van der Waals surface area contributed by atoms with Crippen LogP contribution < -0.4 is 10.6 Å². The van der Waals surface area contributed by atoms with E-state index < -0.39 is 0 Å². The predicted octanol–water partition coefficient (Wildman–Crippen LogP) is 3.57. The van der Waals surface area contributed by atoms with Crippen molar-refractivity contribution in [3.05, 3.63) is 47.2 Å². The van der Waals surface area contributed by atoms with E-state index in [1.54, 1.807) is 0 Å². The Bertz CT molecular complexity index is 581. The Balaban J connectivity index is 1.92. The summed E-state index contributed by atoms with van der Waals surface area (Å²) in [6.45, 7) is 8.04. The molecular weight excluding hydrogens is 260 g/mol. The number of nitrogens with zero attached hydrogens (tertiary/aromatic N) is 2. The number of hydrogen-bond donors (Lipinski definition) is 2. The van der Waals surface area contributed by atoms with Gasteiger partial charge in [0.25, 0.3) is 0 Å². The first-order chi connectivity index (χ1) is 10.2. The van der Waals surface area contributed by atoms with Gasteiger partial charge in [-0.3, -0.25) is 0 Å². The molecule has 0 unspecified atom stereocenters. The molecule has 1 aromatic heterocycles. The van der Waals surface area contributed by atoms with Crippen molar-refractivity contribution in [1.82, 2.24) is 9.97 Å². The molecule has 0 aliphatic heterocycles. The van der Waals surface area contributed by atoms with Gasteiger partial charge in [0, 0.05) is 24.8 Å². The summed E-state index contributed by atoms with van der Waals surface area (Å²) in [5.41, 5.74) is 3.72. The maximum absolute atomic E-state index is 4.53. The summed E-state index contributed by atoms with van der Waals surface area (Å²) in [6, 6.07) is 8.61. The summed E-state index contributed by atoms with van der Waals surface area (Å²) in [4.78, 5) is 8.82. The van der Waals surface area contributed by atoms with Gasteiger partial charge in [-0.2, -0.15) is 4.98 Å². The van der Waals surface area contributed by atoms with E-state index in [0.29, 0.717) is 5.95 Å². The van der Waals surface area contributed by atoms with Crippen LogP contribution in [-0.2, 0) is 6.42 Å². The van der Waals surface area contributed by atoms with Gasteiger partial charge in [0.15, 0.2) is 0 Å². The fraction of sp³-hybridized carbons (Fsp3) is 0.412. The molecule has 1 aromatic carbocycles. The molecule has 21 heavy (non-hydrogen) atoms. The second-order valence-corrected chi connectivity index (χ2v) is 5.32. The third kappa shape index (κ3) is 4.74. The lowest BCUT2D eigenvalue weighted by molar-refractivity contribution is 0.942. The molecule has 0 aliphatic rings. The van der Waals surface area contributed by atoms with Crippen LogP contribution in [0.4, 0.5) is 11.8 Å². The monoisotopic (exact) mass is 284 g/mol. The molecule has 2 N–H and O–H groups in total. The van der Waals surface area contributed by atoms with Crippen LogP contribution in [0.5, 0.6) is 0 Å². The summed E-state index contributed by atoms with van der Waals surface area (Å²) < 4.78 is 0. The Morgan fingerprint density at radius 3 is 2.71 bits per heavy atom. The fourth-order valence-corrected chi connectivity index (χ4v) is 2.14. The molecular formula is C17H24N4. The first-order valence-corrected chi connectivity index (χ1v) is 7.56. The summed E-state index contributed by atoms with van der Waals surface area (Å²) in [5.74, 6) is 1.61. The van der Waals surface area contributed by atoms with Crippen molar-refractivity contribution in [2.24, 2.45) is 0 Å². The van der Waals surface area contributed by atoms with Gasteiger partial charge in [0.1, 0.15) is 5.82 Å². The third-order valence-corrected chi connectivity index (χ3v) is 3.29. The Morgan fingerprint density at radius 2 is 1.95 bits per heavy atom. The van der Waals surface area contributed by atoms with Gasteiger partial charge in [-0.15, -0.1) is 0 Å². The second kappa shape index (κ2) is 7.62. The zero-order valence-electron chi connectivity index (χ0n) is 13.1. The van der Waals surface area contributed by atoms with Crippen molar-refractivity contribution >= 4 is 11.8 Å². The lowest BCUT2D eigenvalue weighted by atomic mass is 10.1. The highest BCUT2D eigenvalue weighted by molar-refractivity contribution is 5.46. The van der Waals surface area contributed by atoms with Crippen molar-refractivity contribution in [2.45, 2.75) is 33.6 Å². The number of benzene rings is 1. The van der Waals surface area contributed by atoms with Crippen LogP contribution in [-0.4, -0.2) is 23.1 Å². The number of anilines is 2. The van der Waals surface area contributed by atoms with E-state index in [2.05, 4.69) is 58.7 Å². The smallest absolute Gasteiger partial charge is 0.224 e. The largest absolute Gasteiger partial charge is 0.369 e. The molecule has 0 bridgehead atoms. The van der Waals surface area contributed by atoms with Crippen molar-refractivity contribution < 1.29 is 0 Å². The third-order valence-electron chi connectivity index (χ3n) is 3.29. The molecule has 4 heteroatoms. The standard InChI is InChI=1S/C17H24N4/c1-4-9-19-17-20-12-14(3)16(21-17)18-10-8-15-7-5-6-13(2)11-15/h5-7,11-12H,4,8-10H2,1-3H3,(H2,18,19,20,21). The van der Waals surface area contributed by atoms with Crippen LogP contribution in [0.25, 0.3) is 0 Å². The zero-order valence-corrected chi connectivity index (χ0v) is 13.1. The van der Waals surface area contributed by atoms with Crippen LogP contribution in [0, 0.1) is 13.8 Å². The molecule has 0 radical (unpaired) electrons. The normalized spacial score (nSPS) is 10.4. The molecule has 0 aliphatic carbocycles. The molecule has 0 saturated heterocycles. The maximum Gasteiger partial charge on any atom is 0.224 e. The molecule has 1 heterocycles. The van der Waals surface area contributed by atoms with E-state index in [1.807, 2.05) is 13.1 Å². The number of nitrogens with one attached hydrogen (secondary N) is 2. The first kappa shape index (κ1) is 15.3. The average Bonchev–Trinajstić information content (AvgIpc) is 2.48. The second-order valence-electron chi connectivity index (χ2n) is 5.32. The topological polar surface area (TPSA) is 49.8 Å². The number of aromatic nitrogens is 2. The number of aryl methyl sites for hydroxylation is 2. The summed E-state index contributed by atoms with van der Waals surface area (Å²) in [6.07, 6.45) is 3.91. The highest BCUT2D eigenvalue weighted by Gasteiger charge is 2.03. The van der Waals surface area contributed by atoms with Gasteiger partial charge in [0.05, 0.1) is 0 Å². The minimum Gasteiger partial charge on any atom is -0.369 e. The van der Waals surface area contributed by atoms with Crippen molar-refractivity contribution in [3.63, 3.8) is 0 Å². The Morgan fingerprint density at radius 1 is 1.10 bits per heavy atom. The molecule has 4 nitrogen and oxygen atoms in total. The predicted molar refractivity (Wildman–Crippen MR) is 88.9 cm³/mol. The minimum atomic E-state index is 0.695. The van der Waals surface area contributed by atoms with Crippen LogP contribution in [0.1, 0.15) is 30.0 Å². The molecule has 112 valence electrons. The summed E-state index contributed by atoms with van der Waals surface area (Å²) in [7, 11) is 0. The quantitative estimate of drug-likeness (QED) is 0.816. The van der Waals surface area contributed by atoms with E-state index in [4.69, 9.17) is 0 Å². The SMILES string of the molecule is CCCNc1ncc(C)c(NCCc2cccc(C)c2)n1. The molecule has 0 amide bonds. The summed E-state index contributed by atoms with van der Waals surface area (Å²) in [5, 5.41) is 6.62. The Labute approximate surface area is 127 Å². The van der Waals surface area contributed by atoms with E-state index >= 15 is 0 Å². The van der Waals surface area contributed by atoms with E-state index in [0.717, 1.165) is 37.3 Å². The van der Waals surface area contributed by atoms with E-state index in [-0.39, 0.29) is 0 Å². The van der Waals surface area contributed by atoms with Gasteiger partial charge in [-0.25, -0.2) is 4.98 Å². The fourth-order valence-electron chi connectivity index (χ4n) is 2.14. The Kier molecular flexibility index (Phi) is 5.55. The van der Waals surface area contributed by atoms with Crippen LogP contribution in [0.15, 0.2) is 30.5 Å². The highest BCUT2D eigenvalue weighted by atomic mass is 15.1. The van der Waals surface area contributed by atoms with Gasteiger partial charge in [0.2, 0.25) is 5.95 Å². The highest BCUT2D eigenvalue weighted by Crippen LogP contribution is 2.13. The van der Waals surface area contributed by atoms with E-state index in [9.17, 15) is 0 Å². The van der Waals surface area contributed by atoms with Gasteiger partial charge >= 0.3 is 0 Å². The zero-order chi connectivity index (χ0) is 15.1. The van der Waals surface area contributed by atoms with Crippen LogP contribution >= 0.6 is 0 Å². The minimum absolute atomic E-state index is 0.695. The maximum atomic E-state index is 4.53. The molecule has 2 rings (SSSR count). The number of rotatable bonds is 7. The molecule has 0 fully saturated rings. The molecule has 0 atom stereocenters. The average molecular weight is 284 g/mol. The Hall–Kier alpha value is -2.10. The van der Waals surface area contributed by atoms with Gasteiger partial charge < -0.3 is 10.6 Å². The molecule has 0 spiro atoms. The number of hydrogen-bond acceptors (Lipinski definition) is 4. The van der Waals surface area contributed by atoms with Crippen molar-refractivity contribution in [3.8, 4) is 0 Å². The first-order valence-electron chi connectivity index (χ1n) is 7.56. The van der Waals surface area contributed by atoms with E-state index in [1.165, 1.54) is 11.1 Å². The van der Waals surface area contributed by atoms with Crippen LogP contribution in [0.3, 0.4) is 0 Å².